The molecule has 2 unspecified atom stereocenters. The molecule has 0 rings (SSSR count). The molecular formula is C45H89NO5S4. The Balaban J connectivity index is 4.48. The zero-order chi connectivity index (χ0) is 40.3. The molecule has 0 amide bonds. The minimum Gasteiger partial charge on any atom is -0.464 e. The van der Waals surface area contributed by atoms with E-state index in [1.807, 2.05) is 43.2 Å². The maximum Gasteiger partial charge on any atom is 0.306 e. The van der Waals surface area contributed by atoms with Crippen molar-refractivity contribution in [1.82, 2.24) is 4.90 Å². The van der Waals surface area contributed by atoms with Crippen molar-refractivity contribution in [3.05, 3.63) is 0 Å². The van der Waals surface area contributed by atoms with Crippen molar-refractivity contribution >= 4 is 55.1 Å². The van der Waals surface area contributed by atoms with Crippen molar-refractivity contribution in [3.63, 3.8) is 0 Å². The molecule has 0 bridgehead atoms. The van der Waals surface area contributed by atoms with E-state index in [4.69, 9.17) is 9.47 Å². The number of rotatable bonds is 45. The zero-order valence-electron chi connectivity index (χ0n) is 36.5. The van der Waals surface area contributed by atoms with E-state index in [1.165, 1.54) is 154 Å². The fourth-order valence-corrected chi connectivity index (χ4v) is 12.1. The van der Waals surface area contributed by atoms with Crippen LogP contribution in [-0.2, 0) is 19.1 Å². The van der Waals surface area contributed by atoms with Gasteiger partial charge in [0.05, 0.1) is 12.8 Å². The number of ether oxygens (including phenoxy) is 2. The first kappa shape index (κ1) is 55.3. The lowest BCUT2D eigenvalue weighted by Gasteiger charge is -2.22. The minimum atomic E-state index is -0.124. The van der Waals surface area contributed by atoms with Gasteiger partial charge in [0.25, 0.3) is 0 Å². The maximum absolute atomic E-state index is 12.6. The largest absolute Gasteiger partial charge is 0.464 e. The molecule has 0 fully saturated rings. The van der Waals surface area contributed by atoms with Crippen molar-refractivity contribution in [2.45, 2.75) is 224 Å². The lowest BCUT2D eigenvalue weighted by molar-refractivity contribution is -0.143. The molecule has 0 spiro atoms. The van der Waals surface area contributed by atoms with Gasteiger partial charge in [0, 0.05) is 41.7 Å². The first-order valence-electron chi connectivity index (χ1n) is 23.2. The normalized spacial score (nSPS) is 12.7. The summed E-state index contributed by atoms with van der Waals surface area (Å²) in [4.78, 5) is 27.4. The third-order valence-electron chi connectivity index (χ3n) is 10.2. The average molecular weight is 852 g/mol. The predicted octanol–water partition coefficient (Wildman–Crippen LogP) is 14.3. The molecular weight excluding hydrogens is 763 g/mol. The van der Waals surface area contributed by atoms with E-state index in [-0.39, 0.29) is 18.5 Å². The molecule has 0 aliphatic carbocycles. The van der Waals surface area contributed by atoms with Gasteiger partial charge in [-0.15, -0.1) is 0 Å². The Morgan fingerprint density at radius 3 is 1.20 bits per heavy atom. The van der Waals surface area contributed by atoms with Gasteiger partial charge in [-0.3, -0.25) is 14.5 Å². The maximum atomic E-state index is 12.6. The molecule has 0 aliphatic heterocycles. The third kappa shape index (κ3) is 40.8. The van der Waals surface area contributed by atoms with Crippen molar-refractivity contribution in [3.8, 4) is 0 Å². The summed E-state index contributed by atoms with van der Waals surface area (Å²) >= 11 is 0. The van der Waals surface area contributed by atoms with E-state index in [2.05, 4.69) is 32.6 Å². The van der Waals surface area contributed by atoms with E-state index in [0.29, 0.717) is 49.6 Å². The number of aliphatic hydroxyl groups excluding tert-OH is 1. The van der Waals surface area contributed by atoms with Crippen LogP contribution in [-0.4, -0.2) is 83.4 Å². The molecule has 0 radical (unpaired) electrons. The molecule has 0 aromatic rings. The van der Waals surface area contributed by atoms with Crippen LogP contribution < -0.4 is 0 Å². The Kier molecular flexibility index (Phi) is 45.6. The fourth-order valence-electron chi connectivity index (χ4n) is 6.60. The molecule has 0 saturated heterocycles. The van der Waals surface area contributed by atoms with E-state index >= 15 is 0 Å². The minimum absolute atomic E-state index is 0.124. The van der Waals surface area contributed by atoms with Gasteiger partial charge in [0.1, 0.15) is 13.2 Å². The van der Waals surface area contributed by atoms with Crippen LogP contribution in [0.25, 0.3) is 0 Å². The van der Waals surface area contributed by atoms with Gasteiger partial charge in [0.15, 0.2) is 0 Å². The monoisotopic (exact) mass is 852 g/mol. The molecule has 2 atom stereocenters. The van der Waals surface area contributed by atoms with Crippen LogP contribution in [0, 0.1) is 0 Å². The van der Waals surface area contributed by atoms with Crippen molar-refractivity contribution < 1.29 is 24.2 Å². The highest BCUT2D eigenvalue weighted by Gasteiger charge is 2.14. The second kappa shape index (κ2) is 45.3. The van der Waals surface area contributed by atoms with Gasteiger partial charge >= 0.3 is 11.9 Å². The number of esters is 2. The Morgan fingerprint density at radius 1 is 0.473 bits per heavy atom. The first-order valence-corrected chi connectivity index (χ1v) is 28.0. The van der Waals surface area contributed by atoms with Gasteiger partial charge in [0.2, 0.25) is 0 Å². The van der Waals surface area contributed by atoms with E-state index in [1.54, 1.807) is 0 Å². The summed E-state index contributed by atoms with van der Waals surface area (Å²) in [6.07, 6.45) is 35.4. The highest BCUT2D eigenvalue weighted by Crippen LogP contribution is 2.35. The van der Waals surface area contributed by atoms with Crippen molar-refractivity contribution in [2.24, 2.45) is 0 Å². The van der Waals surface area contributed by atoms with Crippen LogP contribution in [0.1, 0.15) is 214 Å². The lowest BCUT2D eigenvalue weighted by atomic mass is 10.0. The smallest absolute Gasteiger partial charge is 0.306 e. The average Bonchev–Trinajstić information content (AvgIpc) is 3.18. The van der Waals surface area contributed by atoms with Gasteiger partial charge in [-0.25, -0.2) is 0 Å². The summed E-state index contributed by atoms with van der Waals surface area (Å²) in [6, 6.07) is 0. The lowest BCUT2D eigenvalue weighted by Crippen LogP contribution is -2.33. The number of nitrogens with zero attached hydrogens (tertiary/aromatic N) is 1. The summed E-state index contributed by atoms with van der Waals surface area (Å²) < 4.78 is 11.3. The second-order valence-electron chi connectivity index (χ2n) is 15.5. The summed E-state index contributed by atoms with van der Waals surface area (Å²) in [5, 5.41) is 10.6. The van der Waals surface area contributed by atoms with Gasteiger partial charge in [-0.2, -0.15) is 0 Å². The predicted molar refractivity (Wildman–Crippen MR) is 250 cm³/mol. The van der Waals surface area contributed by atoms with Crippen LogP contribution in [0.3, 0.4) is 0 Å². The SMILES string of the molecule is CCCCCCCCC(CCCCCC)SSCCC(=O)OCCN(CCCCCO)CCOC(=O)CCSSC(CCCCCC)CCCCCCCC. The molecule has 55 heavy (non-hydrogen) atoms. The second-order valence-corrected chi connectivity index (χ2v) is 21.0. The fraction of sp³-hybridized carbons (Fsp3) is 0.956. The number of hydrogen-bond acceptors (Lipinski definition) is 10. The number of unbranched alkanes of at least 4 members (excludes halogenated alkanes) is 18. The number of hydrogen-bond donors (Lipinski definition) is 1. The number of carbonyl (C=O) groups is 2. The molecule has 0 aromatic heterocycles. The molecule has 0 heterocycles. The zero-order valence-corrected chi connectivity index (χ0v) is 39.7. The molecule has 6 nitrogen and oxygen atoms in total. The Hall–Kier alpha value is 0.260. The standard InChI is InChI=1S/C45H89NO5S4/c1-5-9-13-17-19-24-30-42(28-22-15-11-7-3)54-52-40-32-44(48)50-38-35-46(34-26-21-27-37-47)36-39-51-45(49)33-41-53-55-43(29-23-16-12-8-4)31-25-20-18-14-10-6-2/h42-43,47H,5-41H2,1-4H3. The molecule has 0 aliphatic rings. The van der Waals surface area contributed by atoms with E-state index in [9.17, 15) is 14.7 Å². The molecule has 0 aromatic carbocycles. The van der Waals surface area contributed by atoms with Crippen LogP contribution in [0.15, 0.2) is 0 Å². The molecule has 328 valence electrons. The summed E-state index contributed by atoms with van der Waals surface area (Å²) in [7, 11) is 7.69. The van der Waals surface area contributed by atoms with Crippen LogP contribution in [0.4, 0.5) is 0 Å². The summed E-state index contributed by atoms with van der Waals surface area (Å²) in [6.45, 7) is 12.1. The van der Waals surface area contributed by atoms with E-state index < -0.39 is 0 Å². The van der Waals surface area contributed by atoms with Gasteiger partial charge < -0.3 is 14.6 Å². The summed E-state index contributed by atoms with van der Waals surface area (Å²) in [5.41, 5.74) is 0. The van der Waals surface area contributed by atoms with Crippen LogP contribution >= 0.6 is 43.2 Å². The van der Waals surface area contributed by atoms with Gasteiger partial charge in [-0.05, 0) is 51.5 Å². The van der Waals surface area contributed by atoms with Crippen LogP contribution in [0.5, 0.6) is 0 Å². The van der Waals surface area contributed by atoms with Crippen LogP contribution in [0.2, 0.25) is 0 Å². The quantitative estimate of drug-likeness (QED) is 0.0364. The highest BCUT2D eigenvalue weighted by atomic mass is 33.1. The Bertz CT molecular complexity index is 753. The summed E-state index contributed by atoms with van der Waals surface area (Å²) in [5.74, 6) is 1.34. The van der Waals surface area contributed by atoms with Crippen molar-refractivity contribution in [2.75, 3.05) is 51.0 Å². The topological polar surface area (TPSA) is 76.1 Å². The Morgan fingerprint density at radius 2 is 0.818 bits per heavy atom. The number of aliphatic hydroxyl groups is 1. The third-order valence-corrected chi connectivity index (χ3v) is 16.1. The van der Waals surface area contributed by atoms with Crippen molar-refractivity contribution in [1.29, 1.82) is 0 Å². The molecule has 0 saturated carbocycles. The van der Waals surface area contributed by atoms with E-state index in [0.717, 1.165) is 37.3 Å². The molecule has 1 N–H and O–H groups in total. The van der Waals surface area contributed by atoms with Gasteiger partial charge in [-0.1, -0.05) is 199 Å². The number of carbonyl (C=O) groups excluding carboxylic acids is 2. The highest BCUT2D eigenvalue weighted by molar-refractivity contribution is 8.77. The first-order chi connectivity index (χ1) is 27.0. The molecule has 10 heteroatoms. The Labute approximate surface area is 357 Å².